The molecule has 0 atom stereocenters. The highest BCUT2D eigenvalue weighted by Crippen LogP contribution is 2.24. The number of imidazole rings is 1. The van der Waals surface area contributed by atoms with E-state index in [-0.39, 0.29) is 23.7 Å². The number of aromatic amines is 1. The number of aromatic nitrogens is 3. The van der Waals surface area contributed by atoms with Gasteiger partial charge in [0.1, 0.15) is 11.6 Å². The average Bonchev–Trinajstić information content (AvgIpc) is 3.17. The van der Waals surface area contributed by atoms with E-state index in [1.807, 2.05) is 0 Å². The maximum Gasteiger partial charge on any atom is 0.295 e. The molecule has 2 heterocycles. The Labute approximate surface area is 168 Å². The Morgan fingerprint density at radius 2 is 2.00 bits per heavy atom. The molecule has 30 heavy (non-hydrogen) atoms. The van der Waals surface area contributed by atoms with Crippen molar-refractivity contribution in [3.05, 3.63) is 83.6 Å². The third-order valence-corrected chi connectivity index (χ3v) is 4.27. The standard InChI is InChI=1S/C21H15F3N4O2/c22-14-4-1-5-15(10-14)30-21-13(3-2-8-25-21)11-26-20(29)12-6-7-16-17(9-12)28-19(27-16)18(23)24/h1-10,18H,11H2,(H,26,29)(H,27,28). The second-order valence-electron chi connectivity index (χ2n) is 6.36. The maximum absolute atomic E-state index is 13.4. The van der Waals surface area contributed by atoms with Gasteiger partial charge in [-0.25, -0.2) is 23.1 Å². The molecule has 0 aliphatic rings. The molecule has 0 saturated heterocycles. The zero-order valence-electron chi connectivity index (χ0n) is 15.4. The quantitative estimate of drug-likeness (QED) is 0.479. The molecular formula is C21H15F3N4O2. The zero-order valence-corrected chi connectivity index (χ0v) is 15.4. The molecule has 9 heteroatoms. The van der Waals surface area contributed by atoms with Gasteiger partial charge in [-0.2, -0.15) is 0 Å². The number of benzene rings is 2. The van der Waals surface area contributed by atoms with E-state index in [0.29, 0.717) is 16.6 Å². The van der Waals surface area contributed by atoms with Crippen molar-refractivity contribution in [2.45, 2.75) is 13.0 Å². The summed E-state index contributed by atoms with van der Waals surface area (Å²) < 4.78 is 44.5. The Morgan fingerprint density at radius 1 is 1.13 bits per heavy atom. The zero-order chi connectivity index (χ0) is 21.1. The van der Waals surface area contributed by atoms with Crippen LogP contribution >= 0.6 is 0 Å². The lowest BCUT2D eigenvalue weighted by atomic mass is 10.2. The van der Waals surface area contributed by atoms with Crippen molar-refractivity contribution in [2.24, 2.45) is 0 Å². The van der Waals surface area contributed by atoms with E-state index < -0.39 is 24.0 Å². The molecule has 0 unspecified atom stereocenters. The second kappa shape index (κ2) is 8.24. The Kier molecular flexibility index (Phi) is 5.34. The number of H-pyrrole nitrogens is 1. The third kappa shape index (κ3) is 4.24. The van der Waals surface area contributed by atoms with Gasteiger partial charge in [-0.15, -0.1) is 0 Å². The number of alkyl halides is 2. The number of ether oxygens (including phenoxy) is 1. The monoisotopic (exact) mass is 412 g/mol. The molecule has 2 N–H and O–H groups in total. The Bertz CT molecular complexity index is 1210. The first-order chi connectivity index (χ1) is 14.5. The topological polar surface area (TPSA) is 79.9 Å². The average molecular weight is 412 g/mol. The number of hydrogen-bond donors (Lipinski definition) is 2. The van der Waals surface area contributed by atoms with Gasteiger partial charge < -0.3 is 15.0 Å². The van der Waals surface area contributed by atoms with E-state index in [1.54, 1.807) is 18.2 Å². The Morgan fingerprint density at radius 3 is 2.80 bits per heavy atom. The van der Waals surface area contributed by atoms with Crippen LogP contribution < -0.4 is 10.1 Å². The van der Waals surface area contributed by atoms with Crippen molar-refractivity contribution in [2.75, 3.05) is 0 Å². The summed E-state index contributed by atoms with van der Waals surface area (Å²) in [6, 6.07) is 13.5. The fourth-order valence-corrected chi connectivity index (χ4v) is 2.84. The summed E-state index contributed by atoms with van der Waals surface area (Å²) in [5.41, 5.74) is 1.55. The molecule has 152 valence electrons. The molecule has 0 aliphatic heterocycles. The third-order valence-electron chi connectivity index (χ3n) is 4.27. The molecule has 0 radical (unpaired) electrons. The van der Waals surface area contributed by atoms with Gasteiger partial charge in [-0.3, -0.25) is 4.79 Å². The van der Waals surface area contributed by atoms with Gasteiger partial charge in [-0.05, 0) is 36.4 Å². The predicted molar refractivity (Wildman–Crippen MR) is 103 cm³/mol. The number of amides is 1. The number of carbonyl (C=O) groups excluding carboxylic acids is 1. The summed E-state index contributed by atoms with van der Waals surface area (Å²) in [7, 11) is 0. The molecule has 2 aromatic carbocycles. The maximum atomic E-state index is 13.4. The number of fused-ring (bicyclic) bond motifs is 1. The van der Waals surface area contributed by atoms with Crippen LogP contribution in [0.25, 0.3) is 11.0 Å². The van der Waals surface area contributed by atoms with Crippen LogP contribution in [-0.2, 0) is 6.54 Å². The van der Waals surface area contributed by atoms with Crippen LogP contribution in [0.5, 0.6) is 11.6 Å². The van der Waals surface area contributed by atoms with E-state index in [9.17, 15) is 18.0 Å². The number of carbonyl (C=O) groups is 1. The van der Waals surface area contributed by atoms with Crippen molar-refractivity contribution in [1.29, 1.82) is 0 Å². The summed E-state index contributed by atoms with van der Waals surface area (Å²) in [5, 5.41) is 2.73. The molecule has 0 fully saturated rings. The van der Waals surface area contributed by atoms with Crippen LogP contribution in [0.4, 0.5) is 13.2 Å². The lowest BCUT2D eigenvalue weighted by Gasteiger charge is -2.11. The smallest absolute Gasteiger partial charge is 0.295 e. The number of pyridine rings is 1. The van der Waals surface area contributed by atoms with E-state index in [2.05, 4.69) is 20.3 Å². The molecule has 4 aromatic rings. The van der Waals surface area contributed by atoms with E-state index in [4.69, 9.17) is 4.74 Å². The van der Waals surface area contributed by atoms with Gasteiger partial charge in [0.15, 0.2) is 5.82 Å². The highest BCUT2D eigenvalue weighted by Gasteiger charge is 2.15. The predicted octanol–water partition coefficient (Wildman–Crippen LogP) is 4.76. The summed E-state index contributed by atoms with van der Waals surface area (Å²) in [5.74, 6) is -0.792. The number of hydrogen-bond acceptors (Lipinski definition) is 4. The fourth-order valence-electron chi connectivity index (χ4n) is 2.84. The van der Waals surface area contributed by atoms with Crippen LogP contribution in [-0.4, -0.2) is 20.9 Å². The lowest BCUT2D eigenvalue weighted by Crippen LogP contribution is -2.23. The molecule has 0 saturated carbocycles. The SMILES string of the molecule is O=C(NCc1cccnc1Oc1cccc(F)c1)c1ccc2nc(C(F)F)[nH]c2c1. The second-order valence-corrected chi connectivity index (χ2v) is 6.36. The molecule has 0 spiro atoms. The fraction of sp³-hybridized carbons (Fsp3) is 0.0952. The van der Waals surface area contributed by atoms with Crippen LogP contribution in [0.2, 0.25) is 0 Å². The summed E-state index contributed by atoms with van der Waals surface area (Å²) in [4.78, 5) is 22.9. The van der Waals surface area contributed by atoms with Crippen molar-refractivity contribution < 1.29 is 22.7 Å². The van der Waals surface area contributed by atoms with Gasteiger partial charge in [0, 0.05) is 29.9 Å². The summed E-state index contributed by atoms with van der Waals surface area (Å²) in [6.45, 7) is 0.0978. The minimum atomic E-state index is -2.73. The summed E-state index contributed by atoms with van der Waals surface area (Å²) >= 11 is 0. The normalized spacial score (nSPS) is 11.1. The first-order valence-electron chi connectivity index (χ1n) is 8.93. The molecule has 0 bridgehead atoms. The largest absolute Gasteiger partial charge is 0.439 e. The van der Waals surface area contributed by atoms with Gasteiger partial charge in [0.05, 0.1) is 11.0 Å². The van der Waals surface area contributed by atoms with E-state index >= 15 is 0 Å². The molecule has 0 aliphatic carbocycles. The van der Waals surface area contributed by atoms with E-state index in [1.165, 1.54) is 42.6 Å². The van der Waals surface area contributed by atoms with Crippen molar-refractivity contribution in [3.63, 3.8) is 0 Å². The highest BCUT2D eigenvalue weighted by atomic mass is 19.3. The molecular weight excluding hydrogens is 397 g/mol. The highest BCUT2D eigenvalue weighted by molar-refractivity contribution is 5.97. The van der Waals surface area contributed by atoms with Crippen molar-refractivity contribution in [3.8, 4) is 11.6 Å². The number of halogens is 3. The van der Waals surface area contributed by atoms with Gasteiger partial charge in [-0.1, -0.05) is 12.1 Å². The van der Waals surface area contributed by atoms with Crippen LogP contribution in [0.1, 0.15) is 28.2 Å². The van der Waals surface area contributed by atoms with Crippen molar-refractivity contribution in [1.82, 2.24) is 20.3 Å². The molecule has 2 aromatic heterocycles. The van der Waals surface area contributed by atoms with Crippen LogP contribution in [0.3, 0.4) is 0 Å². The lowest BCUT2D eigenvalue weighted by molar-refractivity contribution is 0.0951. The first-order valence-corrected chi connectivity index (χ1v) is 8.93. The van der Waals surface area contributed by atoms with Gasteiger partial charge >= 0.3 is 0 Å². The minimum Gasteiger partial charge on any atom is -0.439 e. The molecule has 4 rings (SSSR count). The number of nitrogens with one attached hydrogen (secondary N) is 2. The van der Waals surface area contributed by atoms with Gasteiger partial charge in [0.2, 0.25) is 5.88 Å². The van der Waals surface area contributed by atoms with E-state index in [0.717, 1.165) is 0 Å². The Balaban J connectivity index is 1.48. The van der Waals surface area contributed by atoms with Crippen LogP contribution in [0, 0.1) is 5.82 Å². The molecule has 1 amide bonds. The Hall–Kier alpha value is -3.88. The van der Waals surface area contributed by atoms with Crippen LogP contribution in [0.15, 0.2) is 60.8 Å². The summed E-state index contributed by atoms with van der Waals surface area (Å²) in [6.07, 6.45) is -1.20. The first kappa shape index (κ1) is 19.4. The van der Waals surface area contributed by atoms with Crippen molar-refractivity contribution >= 4 is 16.9 Å². The number of nitrogens with zero attached hydrogens (tertiary/aromatic N) is 2. The van der Waals surface area contributed by atoms with Gasteiger partial charge in [0.25, 0.3) is 12.3 Å². The number of rotatable bonds is 6. The molecule has 6 nitrogen and oxygen atoms in total. The minimum absolute atomic E-state index is 0.0978.